The van der Waals surface area contributed by atoms with Gasteiger partial charge in [0.2, 0.25) is 0 Å². The number of carbonyl (C=O) groups excluding carboxylic acids is 1. The van der Waals surface area contributed by atoms with E-state index in [1.165, 1.54) is 11.5 Å². The summed E-state index contributed by atoms with van der Waals surface area (Å²) >= 11 is 4.01. The number of likely N-dealkylation sites (tertiary alicyclic amines) is 1. The van der Waals surface area contributed by atoms with Gasteiger partial charge in [0.15, 0.2) is 29.0 Å². The number of amides is 1. The SMILES string of the molecule is CC(C)(C)[Si](C)(C)O[C@H]1C(=O)N(CCCC2SCCS2)C(O)[C@@H]1O[Si](C)(C)C(C)(C)C. The van der Waals surface area contributed by atoms with E-state index >= 15 is 0 Å². The van der Waals surface area contributed by atoms with Gasteiger partial charge in [-0.25, -0.2) is 0 Å². The molecule has 2 rings (SSSR count). The fourth-order valence-electron chi connectivity index (χ4n) is 3.26. The molecule has 3 atom stereocenters. The number of carbonyl (C=O) groups is 1. The van der Waals surface area contributed by atoms with Crippen LogP contribution in [0.15, 0.2) is 0 Å². The number of hydrogen-bond acceptors (Lipinski definition) is 6. The topological polar surface area (TPSA) is 59.0 Å². The molecule has 31 heavy (non-hydrogen) atoms. The summed E-state index contributed by atoms with van der Waals surface area (Å²) in [7, 11) is -4.41. The third kappa shape index (κ3) is 6.54. The van der Waals surface area contributed by atoms with E-state index in [0.29, 0.717) is 11.1 Å². The van der Waals surface area contributed by atoms with Gasteiger partial charge in [0, 0.05) is 18.1 Å². The van der Waals surface area contributed by atoms with Crippen LogP contribution >= 0.6 is 23.5 Å². The Labute approximate surface area is 201 Å². The van der Waals surface area contributed by atoms with Crippen LogP contribution in [0.25, 0.3) is 0 Å². The van der Waals surface area contributed by atoms with Crippen molar-refractivity contribution in [3.8, 4) is 0 Å². The molecule has 0 aromatic rings. The molecule has 0 aromatic carbocycles. The molecule has 0 aromatic heterocycles. The molecule has 1 amide bonds. The third-order valence-electron chi connectivity index (χ3n) is 7.43. The largest absolute Gasteiger partial charge is 0.406 e. The molecule has 0 bridgehead atoms. The van der Waals surface area contributed by atoms with Crippen molar-refractivity contribution in [1.82, 2.24) is 4.90 Å². The van der Waals surface area contributed by atoms with Crippen molar-refractivity contribution in [2.45, 2.75) is 114 Å². The number of thioether (sulfide) groups is 2. The second-order valence-corrected chi connectivity index (χ2v) is 24.3. The van der Waals surface area contributed by atoms with Gasteiger partial charge in [-0.1, -0.05) is 41.5 Å². The quantitative estimate of drug-likeness (QED) is 0.437. The van der Waals surface area contributed by atoms with Crippen molar-refractivity contribution in [3.63, 3.8) is 0 Å². The van der Waals surface area contributed by atoms with Crippen molar-refractivity contribution >= 4 is 46.1 Å². The number of aliphatic hydroxyl groups is 1. The van der Waals surface area contributed by atoms with Gasteiger partial charge in [-0.3, -0.25) is 4.79 Å². The normalized spacial score (nSPS) is 26.9. The summed E-state index contributed by atoms with van der Waals surface area (Å²) in [4.78, 5) is 15.1. The van der Waals surface area contributed by atoms with Crippen LogP contribution in [-0.4, -0.2) is 73.6 Å². The first-order chi connectivity index (χ1) is 14.0. The number of nitrogens with zero attached hydrogens (tertiary/aromatic N) is 1. The molecule has 0 aliphatic carbocycles. The lowest BCUT2D eigenvalue weighted by atomic mass is 10.2. The zero-order chi connectivity index (χ0) is 23.8. The molecule has 9 heteroatoms. The van der Waals surface area contributed by atoms with Gasteiger partial charge >= 0.3 is 0 Å². The Morgan fingerprint density at radius 1 is 0.968 bits per heavy atom. The first-order valence-corrected chi connectivity index (χ1v) is 19.5. The Bertz CT molecular complexity index is 628. The van der Waals surface area contributed by atoms with Crippen LogP contribution < -0.4 is 0 Å². The Morgan fingerprint density at radius 3 is 1.94 bits per heavy atom. The van der Waals surface area contributed by atoms with E-state index in [2.05, 4.69) is 67.7 Å². The summed E-state index contributed by atoms with van der Waals surface area (Å²) in [6.07, 6.45) is -0.334. The standard InChI is InChI=1S/C22H45NO4S2Si2/c1-21(2,3)30(7,8)26-17-18(27-31(9,10)22(4,5)6)20(25)23(19(17)24)13-11-12-16-28-14-15-29-16/h16-19,24H,11-15H2,1-10H3/t17-,18-,19?/m1/s1. The Balaban J connectivity index is 2.21. The Morgan fingerprint density at radius 2 is 1.45 bits per heavy atom. The molecule has 2 aliphatic rings. The van der Waals surface area contributed by atoms with Crippen molar-refractivity contribution in [2.24, 2.45) is 0 Å². The van der Waals surface area contributed by atoms with E-state index in [1.54, 1.807) is 4.90 Å². The highest BCUT2D eigenvalue weighted by Gasteiger charge is 2.55. The monoisotopic (exact) mass is 507 g/mol. The van der Waals surface area contributed by atoms with E-state index in [9.17, 15) is 9.90 Å². The first-order valence-electron chi connectivity index (χ1n) is 11.6. The zero-order valence-electron chi connectivity index (χ0n) is 21.3. The third-order valence-corrected chi connectivity index (χ3v) is 19.5. The zero-order valence-corrected chi connectivity index (χ0v) is 24.9. The summed E-state index contributed by atoms with van der Waals surface area (Å²) in [5, 5.41) is 11.2. The van der Waals surface area contributed by atoms with Crippen molar-refractivity contribution in [1.29, 1.82) is 0 Å². The molecular formula is C22H45NO4S2Si2. The average Bonchev–Trinajstić information content (AvgIpc) is 3.18. The Kier molecular flexibility index (Phi) is 8.94. The van der Waals surface area contributed by atoms with Gasteiger partial charge in [0.25, 0.3) is 5.91 Å². The summed E-state index contributed by atoms with van der Waals surface area (Å²) in [6.45, 7) is 22.3. The van der Waals surface area contributed by atoms with E-state index in [-0.39, 0.29) is 16.0 Å². The first kappa shape index (κ1) is 27.7. The summed E-state index contributed by atoms with van der Waals surface area (Å²) in [5.74, 6) is 2.32. The highest BCUT2D eigenvalue weighted by molar-refractivity contribution is 8.20. The van der Waals surface area contributed by atoms with Crippen LogP contribution in [0.4, 0.5) is 0 Å². The lowest BCUT2D eigenvalue weighted by Gasteiger charge is -2.42. The maximum absolute atomic E-state index is 13.5. The summed E-state index contributed by atoms with van der Waals surface area (Å²) < 4.78 is 13.9. The lowest BCUT2D eigenvalue weighted by molar-refractivity contribution is -0.137. The molecule has 0 spiro atoms. The van der Waals surface area contributed by atoms with E-state index in [0.717, 1.165) is 12.8 Å². The lowest BCUT2D eigenvalue weighted by Crippen LogP contribution is -2.53. The number of aliphatic hydroxyl groups excluding tert-OH is 1. The highest BCUT2D eigenvalue weighted by Crippen LogP contribution is 2.43. The molecular weight excluding hydrogens is 463 g/mol. The number of hydrogen-bond donors (Lipinski definition) is 1. The van der Waals surface area contributed by atoms with Crippen LogP contribution in [0.2, 0.25) is 36.3 Å². The summed E-state index contributed by atoms with van der Waals surface area (Å²) in [6, 6.07) is 0. The predicted molar refractivity (Wildman–Crippen MR) is 140 cm³/mol. The van der Waals surface area contributed by atoms with Crippen LogP contribution in [0.5, 0.6) is 0 Å². The second-order valence-electron chi connectivity index (χ2n) is 11.9. The minimum atomic E-state index is -2.22. The molecule has 2 heterocycles. The van der Waals surface area contributed by atoms with Gasteiger partial charge in [-0.05, 0) is 49.1 Å². The molecule has 2 saturated heterocycles. The maximum atomic E-state index is 13.5. The molecule has 2 aliphatic heterocycles. The van der Waals surface area contributed by atoms with Gasteiger partial charge in [-0.15, -0.1) is 23.5 Å². The summed E-state index contributed by atoms with van der Waals surface area (Å²) in [5.41, 5.74) is 0. The fraction of sp³-hybridized carbons (Fsp3) is 0.955. The fourth-order valence-corrected chi connectivity index (χ4v) is 8.69. The van der Waals surface area contributed by atoms with Crippen LogP contribution in [0, 0.1) is 0 Å². The minimum absolute atomic E-state index is 0.0123. The van der Waals surface area contributed by atoms with E-state index < -0.39 is 35.1 Å². The molecule has 0 saturated carbocycles. The smallest absolute Gasteiger partial charge is 0.255 e. The van der Waals surface area contributed by atoms with Crippen LogP contribution in [0.1, 0.15) is 54.4 Å². The number of rotatable bonds is 8. The minimum Gasteiger partial charge on any atom is -0.406 e. The molecule has 0 radical (unpaired) electrons. The van der Waals surface area contributed by atoms with Crippen LogP contribution in [-0.2, 0) is 13.6 Å². The molecule has 182 valence electrons. The Hall–Kier alpha value is 0.484. The van der Waals surface area contributed by atoms with E-state index in [1.807, 2.05) is 23.5 Å². The molecule has 1 unspecified atom stereocenters. The van der Waals surface area contributed by atoms with Gasteiger partial charge in [-0.2, -0.15) is 0 Å². The molecule has 1 N–H and O–H groups in total. The molecule has 5 nitrogen and oxygen atoms in total. The van der Waals surface area contributed by atoms with Gasteiger partial charge in [0.05, 0.1) is 4.58 Å². The highest BCUT2D eigenvalue weighted by atomic mass is 32.2. The van der Waals surface area contributed by atoms with Gasteiger partial charge in [0.1, 0.15) is 6.10 Å². The van der Waals surface area contributed by atoms with Crippen LogP contribution in [0.3, 0.4) is 0 Å². The van der Waals surface area contributed by atoms with Crippen molar-refractivity contribution < 1.29 is 18.8 Å². The van der Waals surface area contributed by atoms with Crippen molar-refractivity contribution in [2.75, 3.05) is 18.1 Å². The van der Waals surface area contributed by atoms with Gasteiger partial charge < -0.3 is 18.9 Å². The predicted octanol–water partition coefficient (Wildman–Crippen LogP) is 5.51. The van der Waals surface area contributed by atoms with Crippen molar-refractivity contribution in [3.05, 3.63) is 0 Å². The average molecular weight is 508 g/mol. The maximum Gasteiger partial charge on any atom is 0.255 e. The second kappa shape index (κ2) is 10.00. The molecule has 2 fully saturated rings. The van der Waals surface area contributed by atoms with E-state index in [4.69, 9.17) is 8.85 Å².